The summed E-state index contributed by atoms with van der Waals surface area (Å²) in [5, 5.41) is 8.10. The molecule has 0 aliphatic rings. The van der Waals surface area contributed by atoms with Gasteiger partial charge in [0.25, 0.3) is 0 Å². The van der Waals surface area contributed by atoms with Gasteiger partial charge in [0.1, 0.15) is 5.52 Å². The van der Waals surface area contributed by atoms with Crippen LogP contribution in [0.15, 0.2) is 42.7 Å². The average molecular weight is 224 g/mol. The first-order valence-corrected chi connectivity index (χ1v) is 5.09. The quantitative estimate of drug-likeness (QED) is 0.621. The molecule has 2 aromatic heterocycles. The summed E-state index contributed by atoms with van der Waals surface area (Å²) in [6.07, 6.45) is 3.92. The first-order chi connectivity index (χ1) is 8.38. The minimum Gasteiger partial charge on any atom is -0.298 e. The second kappa shape index (κ2) is 3.79. The van der Waals surface area contributed by atoms with Crippen LogP contribution in [-0.4, -0.2) is 26.3 Å². The maximum atomic E-state index is 10.7. The molecule has 3 rings (SSSR count). The molecular formula is C12H8N4O. The summed E-state index contributed by atoms with van der Waals surface area (Å²) in [5.74, 6) is 0. The van der Waals surface area contributed by atoms with E-state index in [9.17, 15) is 4.79 Å². The number of rotatable bonds is 2. The van der Waals surface area contributed by atoms with Crippen LogP contribution in [0.25, 0.3) is 16.7 Å². The smallest absolute Gasteiger partial charge is 0.151 e. The first kappa shape index (κ1) is 9.65. The van der Waals surface area contributed by atoms with Crippen molar-refractivity contribution in [3.05, 3.63) is 48.3 Å². The van der Waals surface area contributed by atoms with E-state index in [2.05, 4.69) is 15.3 Å². The van der Waals surface area contributed by atoms with Gasteiger partial charge in [-0.25, -0.2) is 4.68 Å². The number of benzene rings is 1. The van der Waals surface area contributed by atoms with Crippen molar-refractivity contribution in [3.8, 4) is 5.69 Å². The highest BCUT2D eigenvalue weighted by Gasteiger charge is 2.06. The highest BCUT2D eigenvalue weighted by molar-refractivity contribution is 5.78. The number of hydrogen-bond donors (Lipinski definition) is 0. The minimum atomic E-state index is 0.516. The van der Waals surface area contributed by atoms with E-state index in [0.29, 0.717) is 5.56 Å². The molecule has 0 bridgehead atoms. The SMILES string of the molecule is O=Cc1cncc(-n2nnc3ccccc32)c1. The van der Waals surface area contributed by atoms with Crippen LogP contribution in [0.5, 0.6) is 0 Å². The summed E-state index contributed by atoms with van der Waals surface area (Å²) in [7, 11) is 0. The van der Waals surface area contributed by atoms with Gasteiger partial charge in [0.05, 0.1) is 17.4 Å². The Kier molecular flexibility index (Phi) is 2.15. The van der Waals surface area contributed by atoms with Crippen molar-refractivity contribution in [2.75, 3.05) is 0 Å². The van der Waals surface area contributed by atoms with Crippen molar-refractivity contribution in [3.63, 3.8) is 0 Å². The maximum absolute atomic E-state index is 10.7. The fourth-order valence-corrected chi connectivity index (χ4v) is 1.68. The lowest BCUT2D eigenvalue weighted by atomic mass is 10.2. The van der Waals surface area contributed by atoms with Crippen molar-refractivity contribution >= 4 is 17.3 Å². The molecule has 2 heterocycles. The molecule has 1 aromatic carbocycles. The summed E-state index contributed by atoms with van der Waals surface area (Å²) >= 11 is 0. The van der Waals surface area contributed by atoms with Gasteiger partial charge in [0.15, 0.2) is 6.29 Å². The number of aromatic nitrogens is 4. The summed E-state index contributed by atoms with van der Waals surface area (Å²) < 4.78 is 1.66. The van der Waals surface area contributed by atoms with Crippen LogP contribution in [0.2, 0.25) is 0 Å². The third kappa shape index (κ3) is 1.57. The molecule has 0 saturated carbocycles. The monoisotopic (exact) mass is 224 g/mol. The maximum Gasteiger partial charge on any atom is 0.151 e. The Labute approximate surface area is 96.7 Å². The van der Waals surface area contributed by atoms with Crippen LogP contribution in [0.1, 0.15) is 10.4 Å². The van der Waals surface area contributed by atoms with Gasteiger partial charge < -0.3 is 0 Å². The molecule has 82 valence electrons. The van der Waals surface area contributed by atoms with Gasteiger partial charge in [-0.2, -0.15) is 0 Å². The van der Waals surface area contributed by atoms with E-state index in [1.807, 2.05) is 24.3 Å². The Morgan fingerprint density at radius 3 is 2.94 bits per heavy atom. The van der Waals surface area contributed by atoms with Crippen LogP contribution < -0.4 is 0 Å². The molecular weight excluding hydrogens is 216 g/mol. The lowest BCUT2D eigenvalue weighted by molar-refractivity contribution is 0.112. The van der Waals surface area contributed by atoms with E-state index in [1.165, 1.54) is 6.20 Å². The Balaban J connectivity index is 2.23. The van der Waals surface area contributed by atoms with Gasteiger partial charge in [-0.3, -0.25) is 9.78 Å². The topological polar surface area (TPSA) is 60.7 Å². The lowest BCUT2D eigenvalue weighted by Gasteiger charge is -2.01. The van der Waals surface area contributed by atoms with Gasteiger partial charge in [0, 0.05) is 11.8 Å². The van der Waals surface area contributed by atoms with Crippen LogP contribution in [0.4, 0.5) is 0 Å². The number of aldehydes is 1. The molecule has 0 atom stereocenters. The number of hydrogen-bond acceptors (Lipinski definition) is 4. The number of para-hydroxylation sites is 1. The zero-order chi connectivity index (χ0) is 11.7. The fourth-order valence-electron chi connectivity index (χ4n) is 1.68. The van der Waals surface area contributed by atoms with Crippen molar-refractivity contribution in [2.45, 2.75) is 0 Å². The fraction of sp³-hybridized carbons (Fsp3) is 0. The van der Waals surface area contributed by atoms with Crippen LogP contribution >= 0.6 is 0 Å². The van der Waals surface area contributed by atoms with E-state index in [4.69, 9.17) is 0 Å². The molecule has 5 nitrogen and oxygen atoms in total. The molecule has 0 aliphatic carbocycles. The second-order valence-corrected chi connectivity index (χ2v) is 3.58. The molecule has 0 amide bonds. The highest BCUT2D eigenvalue weighted by atomic mass is 16.1. The lowest BCUT2D eigenvalue weighted by Crippen LogP contribution is -1.98. The van der Waals surface area contributed by atoms with Crippen molar-refractivity contribution in [1.29, 1.82) is 0 Å². The molecule has 0 unspecified atom stereocenters. The van der Waals surface area contributed by atoms with Crippen molar-refractivity contribution in [1.82, 2.24) is 20.0 Å². The van der Waals surface area contributed by atoms with E-state index >= 15 is 0 Å². The van der Waals surface area contributed by atoms with Crippen molar-refractivity contribution < 1.29 is 4.79 Å². The molecule has 5 heteroatoms. The number of nitrogens with zero attached hydrogens (tertiary/aromatic N) is 4. The van der Waals surface area contributed by atoms with Gasteiger partial charge >= 0.3 is 0 Å². The predicted molar refractivity (Wildman–Crippen MR) is 62.0 cm³/mol. The summed E-state index contributed by atoms with van der Waals surface area (Å²) in [6.45, 7) is 0. The van der Waals surface area contributed by atoms with Gasteiger partial charge in [-0.15, -0.1) is 5.10 Å². The molecule has 3 aromatic rings. The number of carbonyl (C=O) groups is 1. The number of carbonyl (C=O) groups excluding carboxylic acids is 1. The second-order valence-electron chi connectivity index (χ2n) is 3.58. The van der Waals surface area contributed by atoms with Crippen LogP contribution in [0, 0.1) is 0 Å². The largest absolute Gasteiger partial charge is 0.298 e. The Hall–Kier alpha value is -2.56. The van der Waals surface area contributed by atoms with E-state index in [-0.39, 0.29) is 0 Å². The molecule has 0 aliphatic heterocycles. The summed E-state index contributed by atoms with van der Waals surface area (Å²) in [5.41, 5.74) is 2.94. The molecule has 0 N–H and O–H groups in total. The third-order valence-corrected chi connectivity index (χ3v) is 2.48. The predicted octanol–water partition coefficient (Wildman–Crippen LogP) is 1.63. The molecule has 17 heavy (non-hydrogen) atoms. The number of pyridine rings is 1. The zero-order valence-corrected chi connectivity index (χ0v) is 8.82. The van der Waals surface area contributed by atoms with E-state index in [1.54, 1.807) is 16.9 Å². The minimum absolute atomic E-state index is 0.516. The Morgan fingerprint density at radius 2 is 2.06 bits per heavy atom. The van der Waals surface area contributed by atoms with Gasteiger partial charge in [-0.1, -0.05) is 17.3 Å². The third-order valence-electron chi connectivity index (χ3n) is 2.48. The molecule has 0 saturated heterocycles. The van der Waals surface area contributed by atoms with Gasteiger partial charge in [-0.05, 0) is 18.2 Å². The standard InChI is InChI=1S/C12H8N4O/c17-8-9-5-10(7-13-6-9)16-12-4-2-1-3-11(12)14-15-16/h1-8H. The zero-order valence-electron chi connectivity index (χ0n) is 8.82. The molecule has 0 fully saturated rings. The summed E-state index contributed by atoms with van der Waals surface area (Å²) in [6, 6.07) is 9.35. The van der Waals surface area contributed by atoms with Crippen molar-refractivity contribution in [2.24, 2.45) is 0 Å². The average Bonchev–Trinajstić information content (AvgIpc) is 2.82. The Morgan fingerprint density at radius 1 is 1.18 bits per heavy atom. The highest BCUT2D eigenvalue weighted by Crippen LogP contribution is 2.15. The Bertz CT molecular complexity index is 690. The van der Waals surface area contributed by atoms with Crippen LogP contribution in [-0.2, 0) is 0 Å². The summed E-state index contributed by atoms with van der Waals surface area (Å²) in [4.78, 5) is 14.7. The molecule has 0 spiro atoms. The molecule has 0 radical (unpaired) electrons. The van der Waals surface area contributed by atoms with E-state index in [0.717, 1.165) is 23.0 Å². The van der Waals surface area contributed by atoms with E-state index < -0.39 is 0 Å². The number of fused-ring (bicyclic) bond motifs is 1. The van der Waals surface area contributed by atoms with Crippen LogP contribution in [0.3, 0.4) is 0 Å². The normalized spacial score (nSPS) is 10.6. The first-order valence-electron chi connectivity index (χ1n) is 5.09. The van der Waals surface area contributed by atoms with Gasteiger partial charge in [0.2, 0.25) is 0 Å².